The van der Waals surface area contributed by atoms with Crippen LogP contribution in [0, 0.1) is 17.8 Å². The lowest BCUT2D eigenvalue weighted by atomic mass is 9.82. The minimum Gasteiger partial charge on any atom is -0.478 e. The SMILES string of the molecule is CC(=O)OC1C(C)C2C(OC3OC(CO)C(O)C(O)C3O)OC=C(C(=O)O)C2C1OC(=O)c1ccccc1. The van der Waals surface area contributed by atoms with Crippen molar-refractivity contribution in [2.45, 2.75) is 63.1 Å². The van der Waals surface area contributed by atoms with E-state index in [1.54, 1.807) is 25.1 Å². The third-order valence-corrected chi connectivity index (χ3v) is 7.14. The van der Waals surface area contributed by atoms with Crippen LogP contribution in [0.5, 0.6) is 0 Å². The van der Waals surface area contributed by atoms with Crippen LogP contribution in [-0.4, -0.2) is 99.3 Å². The zero-order chi connectivity index (χ0) is 27.7. The average molecular weight is 539 g/mol. The Hall–Kier alpha value is -3.07. The summed E-state index contributed by atoms with van der Waals surface area (Å²) in [6.45, 7) is 2.12. The summed E-state index contributed by atoms with van der Waals surface area (Å²) in [4.78, 5) is 37.1. The Morgan fingerprint density at radius 1 is 0.947 bits per heavy atom. The van der Waals surface area contributed by atoms with Gasteiger partial charge < -0.3 is 49.2 Å². The zero-order valence-corrected chi connectivity index (χ0v) is 20.5. The maximum Gasteiger partial charge on any atom is 0.338 e. The number of hydrogen-bond acceptors (Lipinski definition) is 12. The number of carboxylic acid groups (broad SMARTS) is 1. The van der Waals surface area contributed by atoms with Crippen molar-refractivity contribution in [3.05, 3.63) is 47.7 Å². The fourth-order valence-corrected chi connectivity index (χ4v) is 5.28. The average Bonchev–Trinajstić information content (AvgIpc) is 3.15. The van der Waals surface area contributed by atoms with Crippen molar-refractivity contribution in [1.29, 1.82) is 0 Å². The maximum atomic E-state index is 12.9. The van der Waals surface area contributed by atoms with Crippen LogP contribution in [0.1, 0.15) is 24.2 Å². The Bertz CT molecular complexity index is 1060. The molecule has 0 amide bonds. The van der Waals surface area contributed by atoms with Crippen LogP contribution in [0.4, 0.5) is 0 Å². The standard InChI is InChI=1S/C25H30O13/c1-10-15-16(21(20(10)35-11(2)27)37-23(33)12-6-4-3-5-7-12)13(22(31)32)9-34-24(15)38-25-19(30)18(29)17(28)14(8-26)36-25/h3-7,9-10,14-21,24-26,28-30H,8H2,1-2H3,(H,31,32). The summed E-state index contributed by atoms with van der Waals surface area (Å²) in [5.41, 5.74) is -0.0526. The molecular weight excluding hydrogens is 508 g/mol. The summed E-state index contributed by atoms with van der Waals surface area (Å²) in [6.07, 6.45) is -10.6. The van der Waals surface area contributed by atoms with Crippen molar-refractivity contribution in [2.75, 3.05) is 6.61 Å². The van der Waals surface area contributed by atoms with Crippen molar-refractivity contribution < 1.29 is 63.6 Å². The molecule has 0 bridgehead atoms. The van der Waals surface area contributed by atoms with Crippen LogP contribution in [0.3, 0.4) is 0 Å². The summed E-state index contributed by atoms with van der Waals surface area (Å²) >= 11 is 0. The molecule has 0 radical (unpaired) electrons. The van der Waals surface area contributed by atoms with Crippen LogP contribution in [0.25, 0.3) is 0 Å². The van der Waals surface area contributed by atoms with Gasteiger partial charge in [-0.3, -0.25) is 4.79 Å². The van der Waals surface area contributed by atoms with Crippen molar-refractivity contribution >= 4 is 17.9 Å². The molecule has 3 aliphatic rings. The number of aliphatic hydroxyl groups is 4. The van der Waals surface area contributed by atoms with E-state index in [0.29, 0.717) is 0 Å². The summed E-state index contributed by atoms with van der Waals surface area (Å²) in [7, 11) is 0. The summed E-state index contributed by atoms with van der Waals surface area (Å²) < 4.78 is 28.0. The van der Waals surface area contributed by atoms with E-state index in [4.69, 9.17) is 23.7 Å². The van der Waals surface area contributed by atoms with Gasteiger partial charge >= 0.3 is 17.9 Å². The van der Waals surface area contributed by atoms with Crippen LogP contribution in [0.2, 0.25) is 0 Å². The lowest BCUT2D eigenvalue weighted by Gasteiger charge is -2.43. The molecule has 0 spiro atoms. The molecule has 1 aliphatic carbocycles. The molecule has 5 N–H and O–H groups in total. The molecule has 1 saturated carbocycles. The van der Waals surface area contributed by atoms with Crippen molar-refractivity contribution in [3.8, 4) is 0 Å². The smallest absolute Gasteiger partial charge is 0.338 e. The highest BCUT2D eigenvalue weighted by molar-refractivity contribution is 5.90. The molecule has 11 unspecified atom stereocenters. The molecule has 208 valence electrons. The monoisotopic (exact) mass is 538 g/mol. The number of carbonyl (C=O) groups excluding carboxylic acids is 2. The van der Waals surface area contributed by atoms with E-state index >= 15 is 0 Å². The van der Waals surface area contributed by atoms with Crippen molar-refractivity contribution in [1.82, 2.24) is 0 Å². The van der Waals surface area contributed by atoms with Crippen molar-refractivity contribution in [2.24, 2.45) is 17.8 Å². The van der Waals surface area contributed by atoms with E-state index in [9.17, 15) is 39.9 Å². The van der Waals surface area contributed by atoms with Gasteiger partial charge in [0.25, 0.3) is 0 Å². The third kappa shape index (κ3) is 5.25. The molecule has 13 nitrogen and oxygen atoms in total. The number of ether oxygens (including phenoxy) is 5. The molecular formula is C25H30O13. The van der Waals surface area contributed by atoms with Gasteiger partial charge in [0.15, 0.2) is 6.29 Å². The van der Waals surface area contributed by atoms with Crippen LogP contribution < -0.4 is 0 Å². The Labute approximate surface area is 217 Å². The second kappa shape index (κ2) is 11.4. The van der Waals surface area contributed by atoms with Crippen LogP contribution in [0.15, 0.2) is 42.2 Å². The van der Waals surface area contributed by atoms with E-state index in [0.717, 1.165) is 13.2 Å². The number of rotatable bonds is 7. The predicted octanol–water partition coefficient (Wildman–Crippen LogP) is -0.833. The molecule has 2 heterocycles. The van der Waals surface area contributed by atoms with E-state index in [-0.39, 0.29) is 11.1 Å². The third-order valence-electron chi connectivity index (χ3n) is 7.14. The van der Waals surface area contributed by atoms with Gasteiger partial charge in [-0.05, 0) is 12.1 Å². The topological polar surface area (TPSA) is 199 Å². The first kappa shape index (κ1) is 28.0. The first-order chi connectivity index (χ1) is 18.0. The molecule has 11 atom stereocenters. The quantitative estimate of drug-likeness (QED) is 0.270. The number of carbonyl (C=O) groups is 3. The molecule has 4 rings (SSSR count). The van der Waals surface area contributed by atoms with Gasteiger partial charge in [0.1, 0.15) is 36.6 Å². The van der Waals surface area contributed by atoms with Gasteiger partial charge in [0.2, 0.25) is 6.29 Å². The molecule has 1 aromatic carbocycles. The number of aliphatic hydroxyl groups excluding tert-OH is 4. The highest BCUT2D eigenvalue weighted by Crippen LogP contribution is 2.50. The Morgan fingerprint density at radius 2 is 1.63 bits per heavy atom. The number of hydrogen-bond donors (Lipinski definition) is 5. The first-order valence-corrected chi connectivity index (χ1v) is 12.0. The van der Waals surface area contributed by atoms with Gasteiger partial charge in [0, 0.05) is 24.7 Å². The molecule has 1 aromatic rings. The normalized spacial score (nSPS) is 38.4. The number of fused-ring (bicyclic) bond motifs is 1. The minimum atomic E-state index is -1.74. The van der Waals surface area contributed by atoms with Crippen molar-refractivity contribution in [3.63, 3.8) is 0 Å². The van der Waals surface area contributed by atoms with Gasteiger partial charge in [-0.2, -0.15) is 0 Å². The second-order valence-electron chi connectivity index (χ2n) is 9.49. The lowest BCUT2D eigenvalue weighted by molar-refractivity contribution is -0.343. The van der Waals surface area contributed by atoms with Gasteiger partial charge in [0.05, 0.1) is 24.0 Å². The van der Waals surface area contributed by atoms with Crippen LogP contribution >= 0.6 is 0 Å². The number of carboxylic acids is 1. The molecule has 2 fully saturated rings. The van der Waals surface area contributed by atoms with E-state index in [1.165, 1.54) is 12.1 Å². The number of esters is 2. The highest BCUT2D eigenvalue weighted by Gasteiger charge is 2.61. The van der Waals surface area contributed by atoms with E-state index < -0.39 is 91.5 Å². The molecule has 13 heteroatoms. The fraction of sp³-hybridized carbons (Fsp3) is 0.560. The Balaban J connectivity index is 1.67. The minimum absolute atomic E-state index is 0.201. The number of aliphatic carboxylic acids is 1. The molecule has 38 heavy (non-hydrogen) atoms. The molecule has 1 saturated heterocycles. The predicted molar refractivity (Wildman–Crippen MR) is 123 cm³/mol. The maximum absolute atomic E-state index is 12.9. The van der Waals surface area contributed by atoms with Gasteiger partial charge in [-0.25, -0.2) is 9.59 Å². The zero-order valence-electron chi connectivity index (χ0n) is 20.5. The molecule has 0 aromatic heterocycles. The Kier molecular flexibility index (Phi) is 8.35. The largest absolute Gasteiger partial charge is 0.478 e. The van der Waals surface area contributed by atoms with E-state index in [1.807, 2.05) is 0 Å². The summed E-state index contributed by atoms with van der Waals surface area (Å²) in [5, 5.41) is 50.0. The fourth-order valence-electron chi connectivity index (χ4n) is 5.28. The molecule has 2 aliphatic heterocycles. The Morgan fingerprint density at radius 3 is 2.24 bits per heavy atom. The van der Waals surface area contributed by atoms with Gasteiger partial charge in [-0.15, -0.1) is 0 Å². The second-order valence-corrected chi connectivity index (χ2v) is 9.49. The number of benzene rings is 1. The lowest BCUT2D eigenvalue weighted by Crippen LogP contribution is -2.60. The highest BCUT2D eigenvalue weighted by atomic mass is 16.8. The summed E-state index contributed by atoms with van der Waals surface area (Å²) in [5.74, 6) is -5.45. The van der Waals surface area contributed by atoms with Crippen LogP contribution in [-0.2, 0) is 33.3 Å². The van der Waals surface area contributed by atoms with Gasteiger partial charge in [-0.1, -0.05) is 25.1 Å². The van der Waals surface area contributed by atoms with E-state index in [2.05, 4.69) is 0 Å². The first-order valence-electron chi connectivity index (χ1n) is 12.0. The summed E-state index contributed by atoms with van der Waals surface area (Å²) in [6, 6.07) is 7.99.